The SMILES string of the molecule is Cc1ccc(C(=O)N2CCN(C3CCCCC3)CC2)c(C2CCN(C(=O)c3c(F)cccc3F)CC2)n1. The minimum absolute atomic E-state index is 0.0110. The molecule has 8 heteroatoms. The summed E-state index contributed by atoms with van der Waals surface area (Å²) in [6.07, 6.45) is 7.67. The van der Waals surface area contributed by atoms with Gasteiger partial charge < -0.3 is 9.80 Å². The van der Waals surface area contributed by atoms with Crippen LogP contribution in [0.5, 0.6) is 0 Å². The number of piperazine rings is 1. The summed E-state index contributed by atoms with van der Waals surface area (Å²) in [5, 5.41) is 0. The molecule has 6 nitrogen and oxygen atoms in total. The van der Waals surface area contributed by atoms with Crippen LogP contribution in [0.4, 0.5) is 8.78 Å². The number of benzene rings is 1. The van der Waals surface area contributed by atoms with Gasteiger partial charge in [0, 0.05) is 56.9 Å². The highest BCUT2D eigenvalue weighted by Crippen LogP contribution is 2.32. The normalized spacial score (nSPS) is 20.3. The number of likely N-dealkylation sites (tertiary alicyclic amines) is 1. The van der Waals surface area contributed by atoms with Crippen LogP contribution in [0.3, 0.4) is 0 Å². The molecule has 3 aliphatic rings. The quantitative estimate of drug-likeness (QED) is 0.594. The molecule has 0 radical (unpaired) electrons. The Morgan fingerprint density at radius 3 is 2.05 bits per heavy atom. The Bertz CT molecular complexity index is 1110. The molecule has 2 saturated heterocycles. The Morgan fingerprint density at radius 1 is 0.784 bits per heavy atom. The van der Waals surface area contributed by atoms with E-state index in [1.165, 1.54) is 43.1 Å². The molecule has 2 amide bonds. The van der Waals surface area contributed by atoms with Gasteiger partial charge in [-0.25, -0.2) is 8.78 Å². The van der Waals surface area contributed by atoms with E-state index < -0.39 is 23.1 Å². The molecule has 0 spiro atoms. The number of nitrogens with zero attached hydrogens (tertiary/aromatic N) is 4. The standard InChI is InChI=1S/C29H36F2N4O2/c1-20-10-11-23(28(36)35-18-16-33(17-19-35)22-6-3-2-4-7-22)27(32-20)21-12-14-34(15-13-21)29(37)26-24(30)8-5-9-25(26)31/h5,8-11,21-22H,2-4,6-7,12-19H2,1H3. The van der Waals surface area contributed by atoms with Crippen molar-refractivity contribution in [1.29, 1.82) is 0 Å². The number of carbonyl (C=O) groups excluding carboxylic acids is 2. The summed E-state index contributed by atoms with van der Waals surface area (Å²) in [5.74, 6) is -2.28. The fraction of sp³-hybridized carbons (Fsp3) is 0.552. The minimum atomic E-state index is -0.844. The molecular formula is C29H36F2N4O2. The Labute approximate surface area is 217 Å². The van der Waals surface area contributed by atoms with Gasteiger partial charge in [0.05, 0.1) is 11.3 Å². The van der Waals surface area contributed by atoms with E-state index in [2.05, 4.69) is 4.90 Å². The summed E-state index contributed by atoms with van der Waals surface area (Å²) in [6, 6.07) is 7.90. The van der Waals surface area contributed by atoms with Gasteiger partial charge in [-0.2, -0.15) is 0 Å². The van der Waals surface area contributed by atoms with Crippen LogP contribution in [0.15, 0.2) is 30.3 Å². The van der Waals surface area contributed by atoms with Crippen molar-refractivity contribution in [3.05, 3.63) is 64.5 Å². The highest BCUT2D eigenvalue weighted by atomic mass is 19.1. The Balaban J connectivity index is 1.25. The maximum Gasteiger partial charge on any atom is 0.259 e. The average Bonchev–Trinajstić information content (AvgIpc) is 2.93. The van der Waals surface area contributed by atoms with Crippen molar-refractivity contribution in [2.24, 2.45) is 0 Å². The van der Waals surface area contributed by atoms with Gasteiger partial charge in [-0.3, -0.25) is 19.5 Å². The zero-order valence-electron chi connectivity index (χ0n) is 21.6. The summed E-state index contributed by atoms with van der Waals surface area (Å²) in [5.41, 5.74) is 1.77. The number of aromatic nitrogens is 1. The molecule has 2 aliphatic heterocycles. The van der Waals surface area contributed by atoms with Crippen molar-refractivity contribution in [3.8, 4) is 0 Å². The number of pyridine rings is 1. The zero-order chi connectivity index (χ0) is 25.9. The number of halogens is 2. The highest BCUT2D eigenvalue weighted by molar-refractivity contribution is 5.96. The van der Waals surface area contributed by atoms with Gasteiger partial charge >= 0.3 is 0 Å². The van der Waals surface area contributed by atoms with E-state index in [1.807, 2.05) is 24.0 Å². The predicted octanol–water partition coefficient (Wildman–Crippen LogP) is 4.78. The maximum absolute atomic E-state index is 14.1. The first kappa shape index (κ1) is 25.8. The minimum Gasteiger partial charge on any atom is -0.338 e. The summed E-state index contributed by atoms with van der Waals surface area (Å²) >= 11 is 0. The van der Waals surface area contributed by atoms with E-state index in [0.29, 0.717) is 37.5 Å². The second kappa shape index (κ2) is 11.3. The first-order chi connectivity index (χ1) is 17.9. The molecule has 3 fully saturated rings. The summed E-state index contributed by atoms with van der Waals surface area (Å²) in [7, 11) is 0. The smallest absolute Gasteiger partial charge is 0.259 e. The lowest BCUT2D eigenvalue weighted by Gasteiger charge is -2.41. The lowest BCUT2D eigenvalue weighted by molar-refractivity contribution is 0.0519. The molecule has 0 atom stereocenters. The molecule has 1 aliphatic carbocycles. The average molecular weight is 511 g/mol. The van der Waals surface area contributed by atoms with Crippen LogP contribution in [0.2, 0.25) is 0 Å². The van der Waals surface area contributed by atoms with Crippen LogP contribution in [-0.2, 0) is 0 Å². The molecule has 1 aromatic carbocycles. The number of amides is 2. The molecular weight excluding hydrogens is 474 g/mol. The number of piperidine rings is 1. The third-order valence-corrected chi connectivity index (χ3v) is 8.33. The van der Waals surface area contributed by atoms with Crippen LogP contribution >= 0.6 is 0 Å². The van der Waals surface area contributed by atoms with E-state index in [4.69, 9.17) is 4.98 Å². The first-order valence-corrected chi connectivity index (χ1v) is 13.7. The lowest BCUT2D eigenvalue weighted by Crippen LogP contribution is -2.52. The third-order valence-electron chi connectivity index (χ3n) is 8.33. The van der Waals surface area contributed by atoms with Gasteiger partial charge in [-0.15, -0.1) is 0 Å². The molecule has 0 bridgehead atoms. The van der Waals surface area contributed by atoms with Crippen LogP contribution in [-0.4, -0.2) is 76.8 Å². The predicted molar refractivity (Wildman–Crippen MR) is 138 cm³/mol. The van der Waals surface area contributed by atoms with Crippen LogP contribution in [0.1, 0.15) is 83.0 Å². The molecule has 2 aromatic rings. The van der Waals surface area contributed by atoms with Crippen molar-refractivity contribution in [2.45, 2.75) is 63.8 Å². The van der Waals surface area contributed by atoms with Crippen molar-refractivity contribution >= 4 is 11.8 Å². The Kier molecular flexibility index (Phi) is 7.84. The first-order valence-electron chi connectivity index (χ1n) is 13.7. The van der Waals surface area contributed by atoms with Crippen molar-refractivity contribution < 1.29 is 18.4 Å². The fourth-order valence-corrected chi connectivity index (χ4v) is 6.19. The second-order valence-corrected chi connectivity index (χ2v) is 10.7. The third kappa shape index (κ3) is 5.54. The van der Waals surface area contributed by atoms with E-state index in [9.17, 15) is 18.4 Å². The zero-order valence-corrected chi connectivity index (χ0v) is 21.6. The summed E-state index contributed by atoms with van der Waals surface area (Å²) in [6.45, 7) is 5.92. The monoisotopic (exact) mass is 510 g/mol. The highest BCUT2D eigenvalue weighted by Gasteiger charge is 2.33. The van der Waals surface area contributed by atoms with Gasteiger partial charge in [0.1, 0.15) is 17.2 Å². The molecule has 0 N–H and O–H groups in total. The van der Waals surface area contributed by atoms with Gasteiger partial charge in [0.25, 0.3) is 11.8 Å². The molecule has 37 heavy (non-hydrogen) atoms. The number of hydrogen-bond acceptors (Lipinski definition) is 4. The molecule has 5 rings (SSSR count). The summed E-state index contributed by atoms with van der Waals surface area (Å²) < 4.78 is 28.3. The second-order valence-electron chi connectivity index (χ2n) is 10.7. The van der Waals surface area contributed by atoms with Crippen molar-refractivity contribution in [2.75, 3.05) is 39.3 Å². The van der Waals surface area contributed by atoms with Gasteiger partial charge in [0.15, 0.2) is 0 Å². The van der Waals surface area contributed by atoms with E-state index in [-0.39, 0.29) is 11.8 Å². The lowest BCUT2D eigenvalue weighted by atomic mass is 9.89. The van der Waals surface area contributed by atoms with Crippen molar-refractivity contribution in [1.82, 2.24) is 19.7 Å². The fourth-order valence-electron chi connectivity index (χ4n) is 6.19. The van der Waals surface area contributed by atoms with E-state index in [1.54, 1.807) is 0 Å². The number of hydrogen-bond donors (Lipinski definition) is 0. The van der Waals surface area contributed by atoms with E-state index in [0.717, 1.165) is 49.7 Å². The van der Waals surface area contributed by atoms with Gasteiger partial charge in [0.2, 0.25) is 0 Å². The topological polar surface area (TPSA) is 56.8 Å². The molecule has 198 valence electrons. The van der Waals surface area contributed by atoms with E-state index >= 15 is 0 Å². The summed E-state index contributed by atoms with van der Waals surface area (Å²) in [4.78, 5) is 37.2. The molecule has 1 aromatic heterocycles. The number of carbonyl (C=O) groups is 2. The number of rotatable bonds is 4. The Hall–Kier alpha value is -2.87. The van der Waals surface area contributed by atoms with Crippen molar-refractivity contribution in [3.63, 3.8) is 0 Å². The van der Waals surface area contributed by atoms with Gasteiger partial charge in [-0.1, -0.05) is 25.3 Å². The van der Waals surface area contributed by atoms with Gasteiger partial charge in [-0.05, 0) is 56.9 Å². The van der Waals surface area contributed by atoms with Crippen LogP contribution in [0.25, 0.3) is 0 Å². The van der Waals surface area contributed by atoms with Crippen LogP contribution in [0, 0.1) is 18.6 Å². The largest absolute Gasteiger partial charge is 0.338 e. The number of aryl methyl sites for hydroxylation is 1. The Morgan fingerprint density at radius 2 is 1.41 bits per heavy atom. The molecule has 1 saturated carbocycles. The van der Waals surface area contributed by atoms with Crippen LogP contribution < -0.4 is 0 Å². The molecule has 3 heterocycles. The molecule has 0 unspecified atom stereocenters. The maximum atomic E-state index is 14.1.